The van der Waals surface area contributed by atoms with Gasteiger partial charge in [-0.2, -0.15) is 0 Å². The summed E-state index contributed by atoms with van der Waals surface area (Å²) in [5.74, 6) is -0.324. The van der Waals surface area contributed by atoms with Crippen molar-refractivity contribution in [3.05, 3.63) is 64.7 Å². The summed E-state index contributed by atoms with van der Waals surface area (Å²) in [6.45, 7) is 9.39. The number of carbonyl (C=O) groups excluding carboxylic acids is 1. The van der Waals surface area contributed by atoms with Crippen LogP contribution < -0.4 is 4.74 Å². The fourth-order valence-electron chi connectivity index (χ4n) is 2.83. The molecular formula is C22H28O5. The quantitative estimate of drug-likeness (QED) is 0.551. The molecule has 146 valence electrons. The summed E-state index contributed by atoms with van der Waals surface area (Å²) >= 11 is 0. The summed E-state index contributed by atoms with van der Waals surface area (Å²) in [7, 11) is 0. The van der Waals surface area contributed by atoms with Crippen LogP contribution in [0.15, 0.2) is 42.5 Å². The van der Waals surface area contributed by atoms with Gasteiger partial charge in [-0.15, -0.1) is 0 Å². The van der Waals surface area contributed by atoms with E-state index in [1.165, 1.54) is 0 Å². The van der Waals surface area contributed by atoms with Gasteiger partial charge in [-0.3, -0.25) is 0 Å². The molecule has 0 radical (unpaired) electrons. The largest absolute Gasteiger partial charge is 0.423 e. The summed E-state index contributed by atoms with van der Waals surface area (Å²) in [6, 6.07) is 11.8. The molecule has 0 saturated heterocycles. The molecule has 0 aromatic heterocycles. The van der Waals surface area contributed by atoms with E-state index in [-0.39, 0.29) is 16.7 Å². The highest BCUT2D eigenvalue weighted by Crippen LogP contribution is 2.36. The summed E-state index contributed by atoms with van der Waals surface area (Å²) in [6.07, 6.45) is 0. The number of esters is 1. The molecule has 5 heteroatoms. The molecule has 0 fully saturated rings. The molecule has 0 spiro atoms. The third-order valence-electron chi connectivity index (χ3n) is 4.32. The zero-order chi connectivity index (χ0) is 20.6. The lowest BCUT2D eigenvalue weighted by molar-refractivity contribution is 0.0554. The first-order valence-electron chi connectivity index (χ1n) is 8.85. The van der Waals surface area contributed by atoms with Gasteiger partial charge in [0.1, 0.15) is 5.75 Å². The van der Waals surface area contributed by atoms with Gasteiger partial charge in [-0.1, -0.05) is 18.2 Å². The van der Waals surface area contributed by atoms with Gasteiger partial charge in [0, 0.05) is 0 Å². The second-order valence-corrected chi connectivity index (χ2v) is 8.33. The van der Waals surface area contributed by atoms with Crippen molar-refractivity contribution in [1.29, 1.82) is 0 Å². The van der Waals surface area contributed by atoms with Crippen molar-refractivity contribution in [3.63, 3.8) is 0 Å². The molecule has 0 amide bonds. The van der Waals surface area contributed by atoms with E-state index in [0.29, 0.717) is 11.3 Å². The Balaban J connectivity index is 2.74. The van der Waals surface area contributed by atoms with Crippen molar-refractivity contribution in [2.75, 3.05) is 0 Å². The lowest BCUT2D eigenvalue weighted by Crippen LogP contribution is -2.30. The Kier molecular flexibility index (Phi) is 5.53. The number of benzene rings is 2. The van der Waals surface area contributed by atoms with Crippen LogP contribution in [0.3, 0.4) is 0 Å². The highest BCUT2D eigenvalue weighted by atomic mass is 16.5. The van der Waals surface area contributed by atoms with E-state index in [2.05, 4.69) is 0 Å². The number of para-hydroxylation sites is 1. The van der Waals surface area contributed by atoms with Crippen LogP contribution in [-0.2, 0) is 16.8 Å². The Labute approximate surface area is 160 Å². The number of ether oxygens (including phenoxy) is 1. The van der Waals surface area contributed by atoms with Gasteiger partial charge in [-0.25, -0.2) is 4.79 Å². The van der Waals surface area contributed by atoms with Crippen molar-refractivity contribution in [3.8, 4) is 5.75 Å². The molecule has 2 aromatic carbocycles. The Morgan fingerprint density at radius 1 is 0.778 bits per heavy atom. The Morgan fingerprint density at radius 3 is 1.59 bits per heavy atom. The first-order valence-corrected chi connectivity index (χ1v) is 8.85. The zero-order valence-electron chi connectivity index (χ0n) is 16.7. The van der Waals surface area contributed by atoms with Gasteiger partial charge >= 0.3 is 5.97 Å². The van der Waals surface area contributed by atoms with Gasteiger partial charge in [0.25, 0.3) is 0 Å². The minimum absolute atomic E-state index is 0.0897. The molecule has 0 aliphatic heterocycles. The number of hydrogen-bond donors (Lipinski definition) is 3. The lowest BCUT2D eigenvalue weighted by Gasteiger charge is -2.31. The molecule has 0 heterocycles. The normalized spacial score (nSPS) is 12.8. The van der Waals surface area contributed by atoms with Crippen LogP contribution in [0.1, 0.15) is 68.6 Å². The van der Waals surface area contributed by atoms with Crippen molar-refractivity contribution >= 4 is 5.97 Å². The van der Waals surface area contributed by atoms with Gasteiger partial charge in [-0.05, 0) is 82.5 Å². The summed E-state index contributed by atoms with van der Waals surface area (Å²) < 4.78 is 5.47. The van der Waals surface area contributed by atoms with Gasteiger partial charge in [0.15, 0.2) is 0 Å². The van der Waals surface area contributed by atoms with Crippen LogP contribution in [0, 0.1) is 0 Å². The molecular weight excluding hydrogens is 344 g/mol. The van der Waals surface area contributed by atoms with Crippen LogP contribution in [-0.4, -0.2) is 21.3 Å². The van der Waals surface area contributed by atoms with E-state index in [1.54, 1.807) is 84.0 Å². The Morgan fingerprint density at radius 2 is 1.22 bits per heavy atom. The second-order valence-electron chi connectivity index (χ2n) is 8.33. The van der Waals surface area contributed by atoms with Crippen LogP contribution in [0.2, 0.25) is 0 Å². The first-order chi connectivity index (χ1) is 12.2. The first kappa shape index (κ1) is 21.1. The summed E-state index contributed by atoms with van der Waals surface area (Å²) in [5.41, 5.74) is -2.89. The highest BCUT2D eigenvalue weighted by Gasteiger charge is 2.35. The molecule has 0 unspecified atom stereocenters. The molecule has 27 heavy (non-hydrogen) atoms. The smallest absolute Gasteiger partial charge is 0.344 e. The molecule has 5 nitrogen and oxygen atoms in total. The molecule has 0 aliphatic rings. The molecule has 0 saturated carbocycles. The maximum absolute atomic E-state index is 13.0. The van der Waals surface area contributed by atoms with Crippen molar-refractivity contribution < 1.29 is 24.9 Å². The van der Waals surface area contributed by atoms with Crippen molar-refractivity contribution in [1.82, 2.24) is 0 Å². The molecule has 2 aromatic rings. The minimum atomic E-state index is -1.40. The van der Waals surface area contributed by atoms with Crippen LogP contribution in [0.25, 0.3) is 0 Å². The third-order valence-corrected chi connectivity index (χ3v) is 4.32. The number of aliphatic hydroxyl groups is 3. The Bertz CT molecular complexity index is 784. The maximum atomic E-state index is 13.0. The summed E-state index contributed by atoms with van der Waals surface area (Å²) in [4.78, 5) is 13.0. The molecule has 3 N–H and O–H groups in total. The third kappa shape index (κ3) is 4.95. The Hall–Kier alpha value is -2.21. The zero-order valence-corrected chi connectivity index (χ0v) is 16.7. The SMILES string of the molecule is CC(C)(O)c1cc(C(C)(C)O)c(C(=O)Oc2ccccc2)c(C(C)(C)O)c1. The predicted octanol–water partition coefficient (Wildman–Crippen LogP) is 3.59. The van der Waals surface area contributed by atoms with Crippen LogP contribution in [0.5, 0.6) is 5.75 Å². The monoisotopic (exact) mass is 372 g/mol. The minimum Gasteiger partial charge on any atom is -0.423 e. The topological polar surface area (TPSA) is 87.0 Å². The van der Waals surface area contributed by atoms with Crippen LogP contribution in [0.4, 0.5) is 0 Å². The van der Waals surface area contributed by atoms with Crippen molar-refractivity contribution in [2.24, 2.45) is 0 Å². The molecule has 2 rings (SSSR count). The van der Waals surface area contributed by atoms with E-state index < -0.39 is 22.8 Å². The average Bonchev–Trinajstić information content (AvgIpc) is 2.52. The second kappa shape index (κ2) is 7.08. The maximum Gasteiger partial charge on any atom is 0.344 e. The highest BCUT2D eigenvalue weighted by molar-refractivity contribution is 5.95. The summed E-state index contributed by atoms with van der Waals surface area (Å²) in [5, 5.41) is 31.8. The standard InChI is InChI=1S/C22H28O5/c1-20(2,24)14-12-16(21(3,4)25)18(17(13-14)22(5,6)26)19(23)27-15-10-8-7-9-11-15/h7-13,24-26H,1-6H3. The van der Waals surface area contributed by atoms with E-state index in [0.717, 1.165) is 0 Å². The van der Waals surface area contributed by atoms with E-state index in [4.69, 9.17) is 4.74 Å². The number of carbonyl (C=O) groups is 1. The average molecular weight is 372 g/mol. The molecule has 0 aliphatic carbocycles. The van der Waals surface area contributed by atoms with Crippen LogP contribution >= 0.6 is 0 Å². The molecule has 0 bridgehead atoms. The number of rotatable bonds is 5. The predicted molar refractivity (Wildman–Crippen MR) is 104 cm³/mol. The van der Waals surface area contributed by atoms with E-state index >= 15 is 0 Å². The van der Waals surface area contributed by atoms with E-state index in [1.807, 2.05) is 0 Å². The van der Waals surface area contributed by atoms with Gasteiger partial charge in [0.05, 0.1) is 22.4 Å². The fourth-order valence-corrected chi connectivity index (χ4v) is 2.83. The van der Waals surface area contributed by atoms with E-state index in [9.17, 15) is 20.1 Å². The van der Waals surface area contributed by atoms with Gasteiger partial charge in [0.2, 0.25) is 0 Å². The lowest BCUT2D eigenvalue weighted by atomic mass is 9.80. The number of hydrogen-bond acceptors (Lipinski definition) is 5. The van der Waals surface area contributed by atoms with Crippen molar-refractivity contribution in [2.45, 2.75) is 58.3 Å². The van der Waals surface area contributed by atoms with Gasteiger partial charge < -0.3 is 20.1 Å². The molecule has 0 atom stereocenters. The fraction of sp³-hybridized carbons (Fsp3) is 0.409.